The highest BCUT2D eigenvalue weighted by molar-refractivity contribution is 5.41. The molecular weight excluding hydrogens is 275 g/mol. The van der Waals surface area contributed by atoms with E-state index in [1.807, 2.05) is 6.92 Å². The van der Waals surface area contributed by atoms with Crippen molar-refractivity contribution >= 4 is 0 Å². The lowest BCUT2D eigenvalue weighted by Gasteiger charge is -2.29. The van der Waals surface area contributed by atoms with Gasteiger partial charge in [0.05, 0.1) is 24.5 Å². The van der Waals surface area contributed by atoms with Crippen LogP contribution in [-0.4, -0.2) is 22.0 Å². The Morgan fingerprint density at radius 2 is 2.24 bits per heavy atom. The van der Waals surface area contributed by atoms with E-state index in [1.54, 1.807) is 24.9 Å². The quantitative estimate of drug-likeness (QED) is 0.923. The Kier molecular flexibility index (Phi) is 3.33. The summed E-state index contributed by atoms with van der Waals surface area (Å²) in [5, 5.41) is 14.6. The number of aliphatic hydroxyl groups is 1. The minimum absolute atomic E-state index is 0.365. The smallest absolute Gasteiger partial charge is 0.218 e. The number of hydrogen-bond donors (Lipinski definition) is 1. The minimum atomic E-state index is -0.705. The standard InChI is InChI=1S/C15H17FN2O3/c1-8-14(15(20-3)18(2)17-8)13-7-11(19)10-5-4-9(16)6-12(10)21-13/h4-6,11,13,19H,7H2,1-3H3. The number of halogens is 1. The molecule has 2 heterocycles. The molecule has 1 aromatic heterocycles. The zero-order valence-electron chi connectivity index (χ0n) is 12.1. The summed E-state index contributed by atoms with van der Waals surface area (Å²) in [6.45, 7) is 1.86. The van der Waals surface area contributed by atoms with Crippen LogP contribution in [0.15, 0.2) is 18.2 Å². The van der Waals surface area contributed by atoms with E-state index >= 15 is 0 Å². The SMILES string of the molecule is COc1c(C2CC(O)c3ccc(F)cc3O2)c(C)nn1C. The fourth-order valence-corrected chi connectivity index (χ4v) is 2.86. The molecule has 2 unspecified atom stereocenters. The number of fused-ring (bicyclic) bond motifs is 1. The molecule has 2 aromatic rings. The van der Waals surface area contributed by atoms with E-state index < -0.39 is 18.0 Å². The Hall–Kier alpha value is -2.08. The number of ether oxygens (including phenoxy) is 2. The van der Waals surface area contributed by atoms with Crippen molar-refractivity contribution < 1.29 is 19.0 Å². The first-order valence-electron chi connectivity index (χ1n) is 6.73. The van der Waals surface area contributed by atoms with Crippen molar-refractivity contribution in [2.45, 2.75) is 25.6 Å². The molecule has 1 aromatic carbocycles. The van der Waals surface area contributed by atoms with Gasteiger partial charge in [0.25, 0.3) is 0 Å². The van der Waals surface area contributed by atoms with Gasteiger partial charge in [-0.2, -0.15) is 5.10 Å². The van der Waals surface area contributed by atoms with Crippen molar-refractivity contribution in [2.24, 2.45) is 7.05 Å². The third-order valence-electron chi connectivity index (χ3n) is 3.77. The summed E-state index contributed by atoms with van der Waals surface area (Å²) in [4.78, 5) is 0. The maximum Gasteiger partial charge on any atom is 0.218 e. The Morgan fingerprint density at radius 1 is 1.48 bits per heavy atom. The van der Waals surface area contributed by atoms with E-state index in [0.29, 0.717) is 23.6 Å². The van der Waals surface area contributed by atoms with Crippen LogP contribution in [-0.2, 0) is 7.05 Å². The first kappa shape index (κ1) is 13.9. The number of aromatic nitrogens is 2. The molecule has 6 heteroatoms. The fraction of sp³-hybridized carbons (Fsp3) is 0.400. The van der Waals surface area contributed by atoms with E-state index in [0.717, 1.165) is 11.3 Å². The van der Waals surface area contributed by atoms with Gasteiger partial charge >= 0.3 is 0 Å². The molecule has 0 saturated heterocycles. The number of benzene rings is 1. The molecule has 1 N–H and O–H groups in total. The summed E-state index contributed by atoms with van der Waals surface area (Å²) in [5.74, 6) is 0.560. The lowest BCUT2D eigenvalue weighted by molar-refractivity contribution is 0.0637. The Balaban J connectivity index is 2.03. The number of methoxy groups -OCH3 is 1. The van der Waals surface area contributed by atoms with Crippen molar-refractivity contribution in [2.75, 3.05) is 7.11 Å². The molecule has 5 nitrogen and oxygen atoms in total. The number of aryl methyl sites for hydroxylation is 2. The number of nitrogens with zero attached hydrogens (tertiary/aromatic N) is 2. The molecule has 3 rings (SSSR count). The molecule has 0 amide bonds. The van der Waals surface area contributed by atoms with Gasteiger partial charge in [-0.15, -0.1) is 0 Å². The largest absolute Gasteiger partial charge is 0.485 e. The second-order valence-electron chi connectivity index (χ2n) is 5.17. The maximum absolute atomic E-state index is 13.4. The van der Waals surface area contributed by atoms with Crippen LogP contribution < -0.4 is 9.47 Å². The summed E-state index contributed by atoms with van der Waals surface area (Å²) >= 11 is 0. The number of rotatable bonds is 2. The van der Waals surface area contributed by atoms with Crippen LogP contribution in [0.5, 0.6) is 11.6 Å². The van der Waals surface area contributed by atoms with Crippen LogP contribution in [0.25, 0.3) is 0 Å². The van der Waals surface area contributed by atoms with E-state index in [9.17, 15) is 9.50 Å². The number of aliphatic hydroxyl groups excluding tert-OH is 1. The molecule has 0 radical (unpaired) electrons. The van der Waals surface area contributed by atoms with Crippen molar-refractivity contribution in [1.82, 2.24) is 9.78 Å². The first-order valence-corrected chi connectivity index (χ1v) is 6.73. The first-order chi connectivity index (χ1) is 10.0. The third-order valence-corrected chi connectivity index (χ3v) is 3.77. The predicted octanol–water partition coefficient (Wildman–Crippen LogP) is 2.43. The maximum atomic E-state index is 13.4. The van der Waals surface area contributed by atoms with Crippen molar-refractivity contribution in [3.05, 3.63) is 40.8 Å². The lowest BCUT2D eigenvalue weighted by Crippen LogP contribution is -2.20. The summed E-state index contributed by atoms with van der Waals surface area (Å²) in [6.07, 6.45) is -0.747. The van der Waals surface area contributed by atoms with Crippen LogP contribution in [0.4, 0.5) is 4.39 Å². The second-order valence-corrected chi connectivity index (χ2v) is 5.17. The third kappa shape index (κ3) is 2.25. The number of hydrogen-bond acceptors (Lipinski definition) is 4. The molecule has 0 spiro atoms. The summed E-state index contributed by atoms with van der Waals surface area (Å²) in [7, 11) is 3.34. The molecule has 1 aliphatic heterocycles. The lowest BCUT2D eigenvalue weighted by atomic mass is 9.95. The van der Waals surface area contributed by atoms with E-state index in [4.69, 9.17) is 9.47 Å². The van der Waals surface area contributed by atoms with E-state index in [1.165, 1.54) is 12.1 Å². The Morgan fingerprint density at radius 3 is 2.95 bits per heavy atom. The zero-order valence-corrected chi connectivity index (χ0v) is 12.1. The zero-order chi connectivity index (χ0) is 15.1. The average molecular weight is 292 g/mol. The molecule has 0 fully saturated rings. The molecule has 0 bridgehead atoms. The van der Waals surface area contributed by atoms with Crippen molar-refractivity contribution in [1.29, 1.82) is 0 Å². The summed E-state index contributed by atoms with van der Waals surface area (Å²) in [5.41, 5.74) is 2.16. The van der Waals surface area contributed by atoms with Gasteiger partial charge in [0.15, 0.2) is 0 Å². The van der Waals surface area contributed by atoms with E-state index in [-0.39, 0.29) is 0 Å². The monoisotopic (exact) mass is 292 g/mol. The van der Waals surface area contributed by atoms with Crippen LogP contribution in [0.1, 0.15) is 35.4 Å². The highest BCUT2D eigenvalue weighted by atomic mass is 19.1. The van der Waals surface area contributed by atoms with Crippen LogP contribution >= 0.6 is 0 Å². The molecule has 112 valence electrons. The minimum Gasteiger partial charge on any atom is -0.485 e. The van der Waals surface area contributed by atoms with Gasteiger partial charge < -0.3 is 14.6 Å². The summed E-state index contributed by atoms with van der Waals surface area (Å²) < 4.78 is 26.2. The second kappa shape index (κ2) is 5.04. The molecular formula is C15H17FN2O3. The van der Waals surface area contributed by atoms with Crippen LogP contribution in [0.3, 0.4) is 0 Å². The van der Waals surface area contributed by atoms with Gasteiger partial charge in [0, 0.05) is 25.1 Å². The highest BCUT2D eigenvalue weighted by Crippen LogP contribution is 2.43. The highest BCUT2D eigenvalue weighted by Gasteiger charge is 2.33. The van der Waals surface area contributed by atoms with Gasteiger partial charge in [0.2, 0.25) is 5.88 Å². The van der Waals surface area contributed by atoms with Crippen molar-refractivity contribution in [3.63, 3.8) is 0 Å². The molecule has 2 atom stereocenters. The van der Waals surface area contributed by atoms with Crippen LogP contribution in [0.2, 0.25) is 0 Å². The van der Waals surface area contributed by atoms with E-state index in [2.05, 4.69) is 5.10 Å². The van der Waals surface area contributed by atoms with Gasteiger partial charge in [-0.1, -0.05) is 0 Å². The molecule has 0 aliphatic carbocycles. The van der Waals surface area contributed by atoms with Gasteiger partial charge in [-0.05, 0) is 19.1 Å². The average Bonchev–Trinajstić information content (AvgIpc) is 2.71. The fourth-order valence-electron chi connectivity index (χ4n) is 2.86. The van der Waals surface area contributed by atoms with Crippen LogP contribution in [0, 0.1) is 12.7 Å². The van der Waals surface area contributed by atoms with Gasteiger partial charge in [0.1, 0.15) is 17.7 Å². The predicted molar refractivity (Wildman–Crippen MR) is 73.8 cm³/mol. The van der Waals surface area contributed by atoms with Gasteiger partial charge in [-0.25, -0.2) is 9.07 Å². The Bertz CT molecular complexity index is 684. The van der Waals surface area contributed by atoms with Gasteiger partial charge in [-0.3, -0.25) is 0 Å². The topological polar surface area (TPSA) is 56.5 Å². The normalized spacial score (nSPS) is 20.8. The summed E-state index contributed by atoms with van der Waals surface area (Å²) in [6, 6.07) is 4.17. The Labute approximate surface area is 121 Å². The molecule has 1 aliphatic rings. The molecule has 0 saturated carbocycles. The molecule has 21 heavy (non-hydrogen) atoms. The van der Waals surface area contributed by atoms with Crippen molar-refractivity contribution in [3.8, 4) is 11.6 Å².